The fourth-order valence-corrected chi connectivity index (χ4v) is 5.20. The minimum Gasteiger partial charge on any atom is -0.463 e. The highest BCUT2D eigenvalue weighted by molar-refractivity contribution is 7.89. The highest BCUT2D eigenvalue weighted by Crippen LogP contribution is 2.32. The molecule has 1 saturated heterocycles. The summed E-state index contributed by atoms with van der Waals surface area (Å²) < 4.78 is 31.2. The molecule has 1 aromatic carbocycles. The lowest BCUT2D eigenvalue weighted by molar-refractivity contribution is -0.139. The Morgan fingerprint density at radius 1 is 1.09 bits per heavy atom. The predicted molar refractivity (Wildman–Crippen MR) is 121 cm³/mol. The van der Waals surface area contributed by atoms with Crippen LogP contribution in [0.3, 0.4) is 0 Å². The van der Waals surface area contributed by atoms with Crippen molar-refractivity contribution in [2.75, 3.05) is 51.6 Å². The molecule has 3 rings (SSSR count). The Hall–Kier alpha value is -2.43. The Morgan fingerprint density at radius 2 is 1.75 bits per heavy atom. The van der Waals surface area contributed by atoms with Gasteiger partial charge in [0.2, 0.25) is 10.0 Å². The summed E-state index contributed by atoms with van der Waals surface area (Å²) in [4.78, 5) is 29.6. The molecule has 10 heteroatoms. The van der Waals surface area contributed by atoms with Gasteiger partial charge in [-0.05, 0) is 26.3 Å². The lowest BCUT2D eigenvalue weighted by atomic mass is 9.94. The number of amides is 2. The van der Waals surface area contributed by atoms with Gasteiger partial charge < -0.3 is 10.1 Å². The van der Waals surface area contributed by atoms with Gasteiger partial charge in [-0.15, -0.1) is 0 Å². The molecule has 2 aliphatic heterocycles. The molecule has 2 heterocycles. The third-order valence-electron chi connectivity index (χ3n) is 5.85. The monoisotopic (exact) mass is 464 g/mol. The minimum atomic E-state index is -3.23. The van der Waals surface area contributed by atoms with E-state index in [1.807, 2.05) is 37.3 Å². The van der Waals surface area contributed by atoms with Crippen LogP contribution in [0, 0.1) is 0 Å². The largest absolute Gasteiger partial charge is 0.463 e. The van der Waals surface area contributed by atoms with Crippen LogP contribution in [0.15, 0.2) is 41.6 Å². The highest BCUT2D eigenvalue weighted by Gasteiger charge is 2.38. The van der Waals surface area contributed by atoms with Crippen molar-refractivity contribution in [3.8, 4) is 0 Å². The zero-order chi connectivity index (χ0) is 23.3. The zero-order valence-electron chi connectivity index (χ0n) is 18.9. The van der Waals surface area contributed by atoms with Gasteiger partial charge in [-0.25, -0.2) is 18.0 Å². The van der Waals surface area contributed by atoms with Crippen LogP contribution in [0.2, 0.25) is 0 Å². The van der Waals surface area contributed by atoms with Crippen molar-refractivity contribution >= 4 is 22.0 Å². The molecule has 1 aromatic rings. The molecule has 1 atom stereocenters. The highest BCUT2D eigenvalue weighted by atomic mass is 32.2. The molecule has 176 valence electrons. The molecule has 0 aliphatic carbocycles. The first kappa shape index (κ1) is 24.2. The standard InChI is InChI=1S/C22H32N4O5S/c1-4-26-18(16-24-12-14-25(15-13-24)32(29,30)6-3)19(21(27)31-5-2)20(23-22(26)28)17-10-8-7-9-11-17/h7-11,20H,4-6,12-16H2,1-3H3,(H,23,28)/t20-/m0/s1. The van der Waals surface area contributed by atoms with Crippen molar-refractivity contribution in [2.45, 2.75) is 26.8 Å². The van der Waals surface area contributed by atoms with Crippen LogP contribution in [-0.4, -0.2) is 86.2 Å². The average Bonchev–Trinajstić information content (AvgIpc) is 2.80. The summed E-state index contributed by atoms with van der Waals surface area (Å²) in [5.74, 6) is -0.379. The number of nitrogens with zero attached hydrogens (tertiary/aromatic N) is 3. The molecule has 0 radical (unpaired) electrons. The topological polar surface area (TPSA) is 99.3 Å². The maximum atomic E-state index is 13.1. The molecule has 1 fully saturated rings. The smallest absolute Gasteiger partial charge is 0.338 e. The van der Waals surface area contributed by atoms with Gasteiger partial charge in [0.25, 0.3) is 0 Å². The second-order valence-electron chi connectivity index (χ2n) is 7.69. The Morgan fingerprint density at radius 3 is 2.31 bits per heavy atom. The molecular formula is C22H32N4O5S. The van der Waals surface area contributed by atoms with Crippen LogP contribution in [0.25, 0.3) is 0 Å². The molecule has 2 amide bonds. The normalized spacial score (nSPS) is 20.9. The number of carbonyl (C=O) groups excluding carboxylic acids is 2. The fraction of sp³-hybridized carbons (Fsp3) is 0.545. The minimum absolute atomic E-state index is 0.0771. The first-order chi connectivity index (χ1) is 15.3. The number of carbonyl (C=O) groups is 2. The van der Waals surface area contributed by atoms with Crippen molar-refractivity contribution in [1.29, 1.82) is 0 Å². The van der Waals surface area contributed by atoms with E-state index in [9.17, 15) is 18.0 Å². The van der Waals surface area contributed by atoms with Gasteiger partial charge in [0.05, 0.1) is 24.0 Å². The van der Waals surface area contributed by atoms with Crippen LogP contribution in [0.5, 0.6) is 0 Å². The molecule has 0 saturated carbocycles. The molecule has 9 nitrogen and oxygen atoms in total. The van der Waals surface area contributed by atoms with Crippen LogP contribution < -0.4 is 5.32 Å². The quantitative estimate of drug-likeness (QED) is 0.586. The van der Waals surface area contributed by atoms with Crippen molar-refractivity contribution in [3.63, 3.8) is 0 Å². The van der Waals surface area contributed by atoms with Crippen molar-refractivity contribution in [3.05, 3.63) is 47.2 Å². The van der Waals surface area contributed by atoms with Crippen LogP contribution >= 0.6 is 0 Å². The lowest BCUT2D eigenvalue weighted by Gasteiger charge is -2.40. The first-order valence-corrected chi connectivity index (χ1v) is 12.7. The van der Waals surface area contributed by atoms with E-state index in [2.05, 4.69) is 10.2 Å². The Balaban J connectivity index is 1.95. The summed E-state index contributed by atoms with van der Waals surface area (Å²) >= 11 is 0. The number of benzene rings is 1. The van der Waals surface area contributed by atoms with Gasteiger partial charge in [0.1, 0.15) is 0 Å². The Bertz CT molecular complexity index is 956. The predicted octanol–water partition coefficient (Wildman–Crippen LogP) is 1.56. The number of sulfonamides is 1. The second kappa shape index (κ2) is 10.5. The number of hydrogen-bond donors (Lipinski definition) is 1. The van der Waals surface area contributed by atoms with Crippen molar-refractivity contribution in [1.82, 2.24) is 19.4 Å². The third-order valence-corrected chi connectivity index (χ3v) is 7.73. The number of likely N-dealkylation sites (N-methyl/N-ethyl adjacent to an activating group) is 1. The summed E-state index contributed by atoms with van der Waals surface area (Å²) in [6.07, 6.45) is 0. The fourth-order valence-electron chi connectivity index (χ4n) is 4.11. The lowest BCUT2D eigenvalue weighted by Crippen LogP contribution is -2.53. The maximum Gasteiger partial charge on any atom is 0.338 e. The molecule has 1 N–H and O–H groups in total. The van der Waals surface area contributed by atoms with Gasteiger partial charge in [0, 0.05) is 45.0 Å². The summed E-state index contributed by atoms with van der Waals surface area (Å²) in [6, 6.07) is 8.48. The van der Waals surface area contributed by atoms with E-state index in [0.717, 1.165) is 5.56 Å². The van der Waals surface area contributed by atoms with Crippen LogP contribution in [-0.2, 0) is 19.6 Å². The number of hydrogen-bond acceptors (Lipinski definition) is 6. The number of urea groups is 1. The Kier molecular flexibility index (Phi) is 7.91. The Labute approximate surface area is 190 Å². The molecule has 2 aliphatic rings. The van der Waals surface area contributed by atoms with Gasteiger partial charge in [-0.1, -0.05) is 30.3 Å². The van der Waals surface area contributed by atoms with E-state index in [0.29, 0.717) is 50.5 Å². The summed E-state index contributed by atoms with van der Waals surface area (Å²) in [5, 5.41) is 2.95. The molecular weight excluding hydrogens is 432 g/mol. The van der Waals surface area contributed by atoms with Crippen LogP contribution in [0.4, 0.5) is 4.79 Å². The SMILES string of the molecule is CCOC(=O)C1=C(CN2CCN(S(=O)(=O)CC)CC2)N(CC)C(=O)N[C@H]1c1ccccc1. The van der Waals surface area contributed by atoms with Gasteiger partial charge >= 0.3 is 12.0 Å². The van der Waals surface area contributed by atoms with E-state index in [1.54, 1.807) is 18.7 Å². The van der Waals surface area contributed by atoms with E-state index >= 15 is 0 Å². The van der Waals surface area contributed by atoms with Gasteiger partial charge in [0.15, 0.2) is 0 Å². The molecule has 0 spiro atoms. The summed E-state index contributed by atoms with van der Waals surface area (Å²) in [7, 11) is -3.23. The van der Waals surface area contributed by atoms with Gasteiger partial charge in [-0.2, -0.15) is 4.31 Å². The zero-order valence-corrected chi connectivity index (χ0v) is 19.7. The van der Waals surface area contributed by atoms with Gasteiger partial charge in [-0.3, -0.25) is 9.80 Å². The molecule has 32 heavy (non-hydrogen) atoms. The van der Waals surface area contributed by atoms with Crippen LogP contribution in [0.1, 0.15) is 32.4 Å². The maximum absolute atomic E-state index is 13.1. The van der Waals surface area contributed by atoms with E-state index in [4.69, 9.17) is 4.74 Å². The number of nitrogens with one attached hydrogen (secondary N) is 1. The number of ether oxygens (including phenoxy) is 1. The van der Waals surface area contributed by atoms with Crippen molar-refractivity contribution < 1.29 is 22.7 Å². The average molecular weight is 465 g/mol. The number of rotatable bonds is 8. The van der Waals surface area contributed by atoms with Crippen molar-refractivity contribution in [2.24, 2.45) is 0 Å². The third kappa shape index (κ3) is 5.13. The molecule has 0 aromatic heterocycles. The second-order valence-corrected chi connectivity index (χ2v) is 9.95. The number of esters is 1. The van der Waals surface area contributed by atoms with E-state index in [-0.39, 0.29) is 18.4 Å². The summed E-state index contributed by atoms with van der Waals surface area (Å²) in [6.45, 7) is 8.05. The van der Waals surface area contributed by atoms with E-state index in [1.165, 1.54) is 4.31 Å². The molecule has 0 bridgehead atoms. The van der Waals surface area contributed by atoms with E-state index < -0.39 is 22.0 Å². The number of piperazine rings is 1. The summed E-state index contributed by atoms with van der Waals surface area (Å²) in [5.41, 5.74) is 1.83. The molecule has 0 unspecified atom stereocenters. The first-order valence-electron chi connectivity index (χ1n) is 11.1.